The lowest BCUT2D eigenvalue weighted by atomic mass is 10.0. The normalized spacial score (nSPS) is 10.4. The molecule has 0 aliphatic rings. The second-order valence-electron chi connectivity index (χ2n) is 3.45. The first-order chi connectivity index (χ1) is 6.11. The molecular weight excluding hydrogens is 166 g/mol. The number of Topliss-reactive ketones (excluding diaryl/α,β-unsaturated/α-hetero) is 2. The van der Waals surface area contributed by atoms with Crippen molar-refractivity contribution in [2.45, 2.75) is 20.3 Å². The molecule has 0 radical (unpaired) electrons. The lowest BCUT2D eigenvalue weighted by molar-refractivity contribution is -0.115. The van der Waals surface area contributed by atoms with Gasteiger partial charge >= 0.3 is 0 Å². The Morgan fingerprint density at radius 2 is 2.15 bits per heavy atom. The number of carbonyl (C=O) groups excluding carboxylic acids is 2. The van der Waals surface area contributed by atoms with Crippen LogP contribution in [0.3, 0.4) is 0 Å². The molecule has 0 saturated carbocycles. The lowest BCUT2D eigenvalue weighted by Crippen LogP contribution is -2.15. The van der Waals surface area contributed by atoms with E-state index in [2.05, 4.69) is 4.98 Å². The summed E-state index contributed by atoms with van der Waals surface area (Å²) in [4.78, 5) is 25.4. The standard InChI is InChI=1S/C10H13NO2/c1-7(2)5-9(12)10(13)8-3-4-11-6-8/h3-4,6-7,11H,5H2,1-2H3. The maximum absolute atomic E-state index is 11.4. The predicted octanol–water partition coefficient (Wildman–Crippen LogP) is 1.81. The molecule has 1 rings (SSSR count). The molecule has 13 heavy (non-hydrogen) atoms. The van der Waals surface area contributed by atoms with Crippen LogP contribution in [0.4, 0.5) is 0 Å². The van der Waals surface area contributed by atoms with Crippen LogP contribution >= 0.6 is 0 Å². The number of hydrogen-bond donors (Lipinski definition) is 1. The fourth-order valence-corrected chi connectivity index (χ4v) is 1.09. The number of carbonyl (C=O) groups is 2. The van der Waals surface area contributed by atoms with E-state index in [1.165, 1.54) is 0 Å². The van der Waals surface area contributed by atoms with E-state index >= 15 is 0 Å². The number of nitrogens with one attached hydrogen (secondary N) is 1. The molecule has 0 atom stereocenters. The lowest BCUT2D eigenvalue weighted by Gasteiger charge is -2.00. The Morgan fingerprint density at radius 1 is 1.46 bits per heavy atom. The van der Waals surface area contributed by atoms with E-state index in [1.54, 1.807) is 18.5 Å². The molecule has 1 heterocycles. The highest BCUT2D eigenvalue weighted by Crippen LogP contribution is 2.06. The molecule has 0 spiro atoms. The highest BCUT2D eigenvalue weighted by molar-refractivity contribution is 6.43. The van der Waals surface area contributed by atoms with E-state index in [9.17, 15) is 9.59 Å². The van der Waals surface area contributed by atoms with Gasteiger partial charge in [-0.1, -0.05) is 13.8 Å². The molecule has 70 valence electrons. The summed E-state index contributed by atoms with van der Waals surface area (Å²) in [5, 5.41) is 0. The molecule has 3 heteroatoms. The highest BCUT2D eigenvalue weighted by atomic mass is 16.2. The van der Waals surface area contributed by atoms with Crippen LogP contribution in [0.1, 0.15) is 30.6 Å². The van der Waals surface area contributed by atoms with E-state index in [1.807, 2.05) is 13.8 Å². The quantitative estimate of drug-likeness (QED) is 0.566. The van der Waals surface area contributed by atoms with Crippen LogP contribution < -0.4 is 0 Å². The Morgan fingerprint density at radius 3 is 2.62 bits per heavy atom. The summed E-state index contributed by atoms with van der Waals surface area (Å²) in [6, 6.07) is 1.61. The van der Waals surface area contributed by atoms with E-state index in [-0.39, 0.29) is 11.7 Å². The van der Waals surface area contributed by atoms with Gasteiger partial charge in [-0.15, -0.1) is 0 Å². The van der Waals surface area contributed by atoms with Crippen molar-refractivity contribution < 1.29 is 9.59 Å². The number of H-pyrrole nitrogens is 1. The third-order valence-electron chi connectivity index (χ3n) is 1.71. The summed E-state index contributed by atoms with van der Waals surface area (Å²) in [5.41, 5.74) is 0.450. The number of ketones is 2. The summed E-state index contributed by atoms with van der Waals surface area (Å²) < 4.78 is 0. The Hall–Kier alpha value is -1.38. The van der Waals surface area contributed by atoms with Gasteiger partial charge in [-0.2, -0.15) is 0 Å². The minimum atomic E-state index is -0.394. The molecule has 0 bridgehead atoms. The summed E-state index contributed by atoms with van der Waals surface area (Å²) >= 11 is 0. The third-order valence-corrected chi connectivity index (χ3v) is 1.71. The first-order valence-electron chi connectivity index (χ1n) is 4.31. The molecule has 0 fully saturated rings. The maximum atomic E-state index is 11.4. The van der Waals surface area contributed by atoms with Crippen molar-refractivity contribution in [1.82, 2.24) is 4.98 Å². The van der Waals surface area contributed by atoms with Crippen LogP contribution in [0.15, 0.2) is 18.5 Å². The van der Waals surface area contributed by atoms with Gasteiger partial charge in [0.15, 0.2) is 0 Å². The van der Waals surface area contributed by atoms with Crippen molar-refractivity contribution in [3.8, 4) is 0 Å². The zero-order chi connectivity index (χ0) is 9.84. The van der Waals surface area contributed by atoms with Crippen LogP contribution in [-0.4, -0.2) is 16.6 Å². The van der Waals surface area contributed by atoms with Gasteiger partial charge in [0, 0.05) is 24.4 Å². The van der Waals surface area contributed by atoms with Gasteiger partial charge < -0.3 is 4.98 Å². The largest absolute Gasteiger partial charge is 0.367 e. The summed E-state index contributed by atoms with van der Waals surface area (Å²) in [6.45, 7) is 3.84. The van der Waals surface area contributed by atoms with Crippen molar-refractivity contribution in [2.75, 3.05) is 0 Å². The molecule has 1 aromatic heterocycles. The first-order valence-corrected chi connectivity index (χ1v) is 4.31. The number of hydrogen-bond acceptors (Lipinski definition) is 2. The topological polar surface area (TPSA) is 49.9 Å². The second-order valence-corrected chi connectivity index (χ2v) is 3.45. The van der Waals surface area contributed by atoms with E-state index in [0.717, 1.165) is 0 Å². The fraction of sp³-hybridized carbons (Fsp3) is 0.400. The van der Waals surface area contributed by atoms with Crippen molar-refractivity contribution in [2.24, 2.45) is 5.92 Å². The van der Waals surface area contributed by atoms with Crippen molar-refractivity contribution in [3.05, 3.63) is 24.0 Å². The van der Waals surface area contributed by atoms with E-state index in [4.69, 9.17) is 0 Å². The van der Waals surface area contributed by atoms with Gasteiger partial charge in [-0.25, -0.2) is 0 Å². The summed E-state index contributed by atoms with van der Waals surface area (Å²) in [5.74, 6) is -0.472. The van der Waals surface area contributed by atoms with Gasteiger partial charge in [0.05, 0.1) is 0 Å². The minimum Gasteiger partial charge on any atom is -0.367 e. The average molecular weight is 179 g/mol. The van der Waals surface area contributed by atoms with Gasteiger partial charge in [-0.05, 0) is 12.0 Å². The first kappa shape index (κ1) is 9.71. The second kappa shape index (κ2) is 4.03. The van der Waals surface area contributed by atoms with E-state index < -0.39 is 5.78 Å². The van der Waals surface area contributed by atoms with Gasteiger partial charge in [-0.3, -0.25) is 9.59 Å². The van der Waals surface area contributed by atoms with Crippen LogP contribution in [0, 0.1) is 5.92 Å². The van der Waals surface area contributed by atoms with Crippen molar-refractivity contribution >= 4 is 11.6 Å². The number of aromatic nitrogens is 1. The molecule has 1 N–H and O–H groups in total. The molecule has 3 nitrogen and oxygen atoms in total. The highest BCUT2D eigenvalue weighted by Gasteiger charge is 2.16. The zero-order valence-corrected chi connectivity index (χ0v) is 7.83. The SMILES string of the molecule is CC(C)CC(=O)C(=O)c1cc[nH]c1. The Bertz CT molecular complexity index is 299. The number of aromatic amines is 1. The summed E-state index contributed by atoms with van der Waals surface area (Å²) in [6.07, 6.45) is 3.50. The molecule has 0 aliphatic carbocycles. The molecule has 0 amide bonds. The van der Waals surface area contributed by atoms with Gasteiger partial charge in [0.2, 0.25) is 11.6 Å². The Labute approximate surface area is 77.2 Å². The van der Waals surface area contributed by atoms with Crippen LogP contribution in [0.25, 0.3) is 0 Å². The molecule has 0 aliphatic heterocycles. The molecule has 0 aromatic carbocycles. The monoisotopic (exact) mass is 179 g/mol. The predicted molar refractivity (Wildman–Crippen MR) is 49.6 cm³/mol. The Kier molecular flexibility index (Phi) is 3.01. The zero-order valence-electron chi connectivity index (χ0n) is 7.83. The Balaban J connectivity index is 2.64. The molecular formula is C10H13NO2. The molecule has 0 saturated heterocycles. The van der Waals surface area contributed by atoms with Crippen molar-refractivity contribution in [3.63, 3.8) is 0 Å². The third kappa shape index (κ3) is 2.54. The summed E-state index contributed by atoms with van der Waals surface area (Å²) in [7, 11) is 0. The van der Waals surface area contributed by atoms with Gasteiger partial charge in [0.25, 0.3) is 0 Å². The van der Waals surface area contributed by atoms with Crippen LogP contribution in [0.5, 0.6) is 0 Å². The fourth-order valence-electron chi connectivity index (χ4n) is 1.09. The molecule has 1 aromatic rings. The van der Waals surface area contributed by atoms with Gasteiger partial charge in [0.1, 0.15) is 0 Å². The van der Waals surface area contributed by atoms with Crippen molar-refractivity contribution in [1.29, 1.82) is 0 Å². The van der Waals surface area contributed by atoms with Crippen LogP contribution in [0.2, 0.25) is 0 Å². The molecule has 0 unspecified atom stereocenters. The smallest absolute Gasteiger partial charge is 0.230 e. The maximum Gasteiger partial charge on any atom is 0.230 e. The average Bonchev–Trinajstić information content (AvgIpc) is 2.53. The minimum absolute atomic E-state index is 0.232. The van der Waals surface area contributed by atoms with E-state index in [0.29, 0.717) is 12.0 Å². The van der Waals surface area contributed by atoms with Crippen LogP contribution in [-0.2, 0) is 4.79 Å². The number of rotatable bonds is 4.